The van der Waals surface area contributed by atoms with Gasteiger partial charge in [-0.3, -0.25) is 25.5 Å². The minimum atomic E-state index is -4.98. The monoisotopic (exact) mass is 631 g/mol. The number of hydrogen-bond donors (Lipinski definition) is 4. The Morgan fingerprint density at radius 2 is 1.67 bits per heavy atom. The van der Waals surface area contributed by atoms with Gasteiger partial charge in [0.1, 0.15) is 11.6 Å². The number of aliphatic hydroxyl groups excluding tert-OH is 1. The quantitative estimate of drug-likeness (QED) is 0.217. The van der Waals surface area contributed by atoms with Crippen molar-refractivity contribution in [3.05, 3.63) is 54.1 Å². The molecule has 17 heteroatoms. The normalized spacial score (nSPS) is 15.2. The summed E-state index contributed by atoms with van der Waals surface area (Å²) >= 11 is 1.15. The van der Waals surface area contributed by atoms with Crippen LogP contribution in [0.1, 0.15) is 17.3 Å². The van der Waals surface area contributed by atoms with Crippen LogP contribution in [-0.4, -0.2) is 95.2 Å². The van der Waals surface area contributed by atoms with Crippen LogP contribution >= 0.6 is 11.3 Å². The molecule has 1 unspecified atom stereocenters. The first-order chi connectivity index (χ1) is 20.1. The van der Waals surface area contributed by atoms with Gasteiger partial charge in [0, 0.05) is 37.3 Å². The van der Waals surface area contributed by atoms with Crippen molar-refractivity contribution in [3.8, 4) is 16.3 Å². The Morgan fingerprint density at radius 3 is 2.26 bits per heavy atom. The summed E-state index contributed by atoms with van der Waals surface area (Å²) in [6.45, 7) is 3.23. The fraction of sp³-hybridized carbons (Fsp3) is 0.385. The Morgan fingerprint density at radius 1 is 1.05 bits per heavy atom. The highest BCUT2D eigenvalue weighted by molar-refractivity contribution is 7.18. The molecule has 1 atom stereocenters. The number of nitrogens with zero attached hydrogens (tertiary/aromatic N) is 4. The summed E-state index contributed by atoms with van der Waals surface area (Å²) in [7, 11) is 1.98. The molecule has 11 nitrogen and oxygen atoms in total. The topological polar surface area (TPSA) is 146 Å². The van der Waals surface area contributed by atoms with Crippen molar-refractivity contribution in [2.75, 3.05) is 50.5 Å². The number of nitrogens with one attached hydrogen (secondary N) is 2. The number of nitrogens with two attached hydrogens (primary N) is 1. The average molecular weight is 632 g/mol. The molecule has 234 valence electrons. The number of likely N-dealkylation sites (N-methyl/N-ethyl adjacent to an activating group) is 1. The molecule has 0 radical (unpaired) electrons. The van der Waals surface area contributed by atoms with Crippen molar-refractivity contribution in [2.24, 2.45) is 5.73 Å². The van der Waals surface area contributed by atoms with E-state index >= 15 is 0 Å². The Kier molecular flexibility index (Phi) is 11.5. The third-order valence-electron chi connectivity index (χ3n) is 6.07. The zero-order valence-corrected chi connectivity index (χ0v) is 23.9. The van der Waals surface area contributed by atoms with Crippen LogP contribution in [0, 0.1) is 0 Å². The Bertz CT molecular complexity index is 1360. The Hall–Kier alpha value is -3.77. The molecule has 2 amide bonds. The maximum absolute atomic E-state index is 13.0. The smallest absolute Gasteiger partial charge is 0.404 e. The number of ether oxygens (including phenoxy) is 1. The summed E-state index contributed by atoms with van der Waals surface area (Å²) in [5, 5.41) is 21.4. The maximum Gasteiger partial charge on any atom is 0.573 e. The predicted octanol–water partition coefficient (Wildman–Crippen LogP) is 3.46. The number of alkyl halides is 5. The van der Waals surface area contributed by atoms with Gasteiger partial charge < -0.3 is 20.1 Å². The zero-order chi connectivity index (χ0) is 31.8. The van der Waals surface area contributed by atoms with Crippen LogP contribution in [0.3, 0.4) is 0 Å². The van der Waals surface area contributed by atoms with Gasteiger partial charge in [-0.1, -0.05) is 41.7 Å². The van der Waals surface area contributed by atoms with Gasteiger partial charge in [0.2, 0.25) is 11.0 Å². The summed E-state index contributed by atoms with van der Waals surface area (Å²) in [6, 6.07) is 8.57. The standard InChI is InChI=1S/C24H25F3N6O3S.C2H5F2NO/c1-15(33-12-10-32(2)11-13-33)20(34)28-18-14-17(8-9-19(18)36-24(25,26)27)21(35)29-23-31-30-22(37-23)16-6-4-3-5-7-16;3-2(4,5)1-6/h3-9,14-15H,10-13H2,1-2H3,(H,28,34)(H,29,31,35);6H,1,5H2. The zero-order valence-electron chi connectivity index (χ0n) is 23.1. The number of aromatic nitrogens is 2. The van der Waals surface area contributed by atoms with E-state index in [2.05, 4.69) is 36.2 Å². The molecule has 0 spiro atoms. The molecule has 3 aromatic rings. The fourth-order valence-corrected chi connectivity index (χ4v) is 4.48. The van der Waals surface area contributed by atoms with E-state index in [1.807, 2.05) is 42.3 Å². The maximum atomic E-state index is 13.0. The lowest BCUT2D eigenvalue weighted by atomic mass is 10.1. The molecule has 1 saturated heterocycles. The molecule has 5 N–H and O–H groups in total. The molecule has 43 heavy (non-hydrogen) atoms. The molecule has 1 aliphatic heterocycles. The minimum absolute atomic E-state index is 0.00790. The molecular weight excluding hydrogens is 601 g/mol. The molecule has 4 rings (SSSR count). The number of halogens is 5. The van der Waals surface area contributed by atoms with Crippen molar-refractivity contribution in [3.63, 3.8) is 0 Å². The van der Waals surface area contributed by atoms with Crippen LogP contribution in [0.5, 0.6) is 5.75 Å². The molecule has 1 aromatic heterocycles. The van der Waals surface area contributed by atoms with Crippen LogP contribution in [0.4, 0.5) is 32.8 Å². The highest BCUT2D eigenvalue weighted by Crippen LogP contribution is 2.32. The van der Waals surface area contributed by atoms with Crippen LogP contribution in [0.15, 0.2) is 48.5 Å². The summed E-state index contributed by atoms with van der Waals surface area (Å²) in [5.41, 5.74) is 4.52. The SMILES string of the molecule is CC(C(=O)Nc1cc(C(=O)Nc2nnc(-c3ccccc3)s2)ccc1OC(F)(F)F)N1CCN(C)CC1.NC(F)(F)CO. The second-order valence-electron chi connectivity index (χ2n) is 9.41. The predicted molar refractivity (Wildman–Crippen MR) is 150 cm³/mol. The number of carbonyl (C=O) groups is 2. The second kappa shape index (κ2) is 14.6. The summed E-state index contributed by atoms with van der Waals surface area (Å²) in [4.78, 5) is 29.8. The summed E-state index contributed by atoms with van der Waals surface area (Å²) < 4.78 is 65.0. The lowest BCUT2D eigenvalue weighted by Gasteiger charge is -2.35. The molecule has 1 aliphatic rings. The Labute approximate surface area is 247 Å². The number of piperazine rings is 1. The first-order valence-electron chi connectivity index (χ1n) is 12.8. The van der Waals surface area contributed by atoms with E-state index in [1.165, 1.54) is 6.07 Å². The first kappa shape index (κ1) is 33.7. The van der Waals surface area contributed by atoms with Gasteiger partial charge in [-0.2, -0.15) is 8.78 Å². The van der Waals surface area contributed by atoms with Gasteiger partial charge in [0.05, 0.1) is 11.7 Å². The molecular formula is C26H30F5N7O4S. The molecule has 0 bridgehead atoms. The highest BCUT2D eigenvalue weighted by Gasteiger charge is 2.33. The van der Waals surface area contributed by atoms with E-state index in [4.69, 9.17) is 5.11 Å². The van der Waals surface area contributed by atoms with E-state index in [9.17, 15) is 31.5 Å². The number of anilines is 2. The van der Waals surface area contributed by atoms with Gasteiger partial charge >= 0.3 is 12.4 Å². The highest BCUT2D eigenvalue weighted by atomic mass is 32.1. The summed E-state index contributed by atoms with van der Waals surface area (Å²) in [5.74, 6) is -1.76. The number of benzene rings is 2. The number of aliphatic hydroxyl groups is 1. The van der Waals surface area contributed by atoms with Crippen LogP contribution < -0.4 is 21.1 Å². The van der Waals surface area contributed by atoms with Crippen LogP contribution in [0.25, 0.3) is 10.6 Å². The van der Waals surface area contributed by atoms with E-state index in [1.54, 1.807) is 6.92 Å². The minimum Gasteiger partial charge on any atom is -0.404 e. The van der Waals surface area contributed by atoms with Crippen LogP contribution in [0.2, 0.25) is 0 Å². The lowest BCUT2D eigenvalue weighted by Crippen LogP contribution is -2.51. The second-order valence-corrected chi connectivity index (χ2v) is 10.4. The van der Waals surface area contributed by atoms with Gasteiger partial charge in [-0.15, -0.1) is 23.4 Å². The summed E-state index contributed by atoms with van der Waals surface area (Å²) in [6.07, 6.45) is -4.98. The largest absolute Gasteiger partial charge is 0.573 e. The molecule has 2 aromatic carbocycles. The third kappa shape index (κ3) is 10.8. The van der Waals surface area contributed by atoms with Gasteiger partial charge in [0.25, 0.3) is 5.91 Å². The number of rotatable bonds is 8. The Balaban J connectivity index is 0.000000765. The van der Waals surface area contributed by atoms with Crippen molar-refractivity contribution < 1.29 is 41.4 Å². The molecule has 1 fully saturated rings. The van der Waals surface area contributed by atoms with Crippen molar-refractivity contribution in [1.82, 2.24) is 20.0 Å². The van der Waals surface area contributed by atoms with E-state index in [-0.39, 0.29) is 16.4 Å². The van der Waals surface area contributed by atoms with Crippen LogP contribution in [-0.2, 0) is 4.79 Å². The van der Waals surface area contributed by atoms with E-state index in [0.717, 1.165) is 42.1 Å². The number of carbonyl (C=O) groups excluding carboxylic acids is 2. The average Bonchev–Trinajstić information content (AvgIpc) is 3.42. The molecule has 0 aliphatic carbocycles. The van der Waals surface area contributed by atoms with Gasteiger partial charge in [-0.05, 0) is 32.2 Å². The van der Waals surface area contributed by atoms with Gasteiger partial charge in [-0.25, -0.2) is 0 Å². The fourth-order valence-electron chi connectivity index (χ4n) is 3.74. The van der Waals surface area contributed by atoms with E-state index < -0.39 is 42.6 Å². The number of hydrogen-bond acceptors (Lipinski definition) is 10. The van der Waals surface area contributed by atoms with Crippen molar-refractivity contribution in [2.45, 2.75) is 25.4 Å². The van der Waals surface area contributed by atoms with Gasteiger partial charge in [0.15, 0.2) is 5.75 Å². The third-order valence-corrected chi connectivity index (χ3v) is 6.96. The lowest BCUT2D eigenvalue weighted by molar-refractivity contribution is -0.274. The first-order valence-corrected chi connectivity index (χ1v) is 13.6. The van der Waals surface area contributed by atoms with Crippen molar-refractivity contribution >= 4 is 34.0 Å². The van der Waals surface area contributed by atoms with Crippen molar-refractivity contribution in [1.29, 1.82) is 0 Å². The molecule has 2 heterocycles. The molecule has 0 saturated carbocycles. The van der Waals surface area contributed by atoms with E-state index in [0.29, 0.717) is 18.1 Å². The number of amides is 2.